The van der Waals surface area contributed by atoms with Crippen molar-refractivity contribution in [3.8, 4) is 0 Å². The van der Waals surface area contributed by atoms with E-state index in [4.69, 9.17) is 22.2 Å². The maximum Gasteiger partial charge on any atom is 0.215 e. The van der Waals surface area contributed by atoms with Crippen LogP contribution in [0.15, 0.2) is 52.1 Å². The molecule has 4 aliphatic rings. The number of likely N-dealkylation sites (tertiary alicyclic amines) is 1. The average molecular weight is 363 g/mol. The fourth-order valence-corrected chi connectivity index (χ4v) is 3.85. The molecular formula is C18H23ClN4O2. The molecule has 2 aliphatic carbocycles. The lowest BCUT2D eigenvalue weighted by molar-refractivity contribution is 0.0211. The molecule has 1 saturated heterocycles. The van der Waals surface area contributed by atoms with Crippen LogP contribution < -0.4 is 11.2 Å². The first-order valence-corrected chi connectivity index (χ1v) is 9.09. The van der Waals surface area contributed by atoms with Crippen LogP contribution in [0.25, 0.3) is 0 Å². The zero-order valence-corrected chi connectivity index (χ0v) is 14.6. The van der Waals surface area contributed by atoms with Gasteiger partial charge in [0, 0.05) is 23.7 Å². The minimum absolute atomic E-state index is 0.0812. The Morgan fingerprint density at radius 2 is 2.16 bits per heavy atom. The number of aliphatic hydroxyl groups is 1. The molecule has 134 valence electrons. The molecule has 7 heteroatoms. The van der Waals surface area contributed by atoms with Crippen molar-refractivity contribution in [3.63, 3.8) is 0 Å². The molecule has 25 heavy (non-hydrogen) atoms. The molecule has 6 nitrogen and oxygen atoms in total. The van der Waals surface area contributed by atoms with Gasteiger partial charge < -0.3 is 15.7 Å². The van der Waals surface area contributed by atoms with Gasteiger partial charge in [-0.25, -0.2) is 4.99 Å². The first-order valence-electron chi connectivity index (χ1n) is 8.71. The molecule has 3 unspecified atom stereocenters. The van der Waals surface area contributed by atoms with Crippen molar-refractivity contribution in [1.29, 1.82) is 0 Å². The summed E-state index contributed by atoms with van der Waals surface area (Å²) in [6.45, 7) is 0.717. The van der Waals surface area contributed by atoms with Gasteiger partial charge in [0.1, 0.15) is 6.23 Å². The van der Waals surface area contributed by atoms with E-state index in [9.17, 15) is 5.11 Å². The molecule has 0 saturated carbocycles. The molecule has 2 aliphatic heterocycles. The second kappa shape index (κ2) is 7.05. The molecule has 1 fully saturated rings. The summed E-state index contributed by atoms with van der Waals surface area (Å²) in [6, 6.07) is 0.248. The minimum atomic E-state index is -0.498. The van der Waals surface area contributed by atoms with Gasteiger partial charge in [-0.1, -0.05) is 42.0 Å². The lowest BCUT2D eigenvalue weighted by Gasteiger charge is -2.28. The second-order valence-corrected chi connectivity index (χ2v) is 7.35. The van der Waals surface area contributed by atoms with E-state index in [0.29, 0.717) is 18.9 Å². The van der Waals surface area contributed by atoms with E-state index in [0.717, 1.165) is 23.4 Å². The summed E-state index contributed by atoms with van der Waals surface area (Å²) < 4.78 is 0. The summed E-state index contributed by atoms with van der Waals surface area (Å²) in [5.74, 6) is 0.752. The summed E-state index contributed by atoms with van der Waals surface area (Å²) in [5.41, 5.74) is 9.91. The first kappa shape index (κ1) is 17.0. The molecule has 0 aromatic heterocycles. The maximum absolute atomic E-state index is 10.5. The highest BCUT2D eigenvalue weighted by atomic mass is 35.5. The van der Waals surface area contributed by atoms with Gasteiger partial charge in [-0.15, -0.1) is 5.48 Å². The molecule has 0 aromatic carbocycles. The largest absolute Gasteiger partial charge is 0.391 e. The van der Waals surface area contributed by atoms with E-state index < -0.39 is 6.23 Å². The van der Waals surface area contributed by atoms with Gasteiger partial charge in [-0.05, 0) is 30.9 Å². The van der Waals surface area contributed by atoms with E-state index >= 15 is 0 Å². The Morgan fingerprint density at radius 3 is 2.88 bits per heavy atom. The Morgan fingerprint density at radius 1 is 1.28 bits per heavy atom. The molecule has 4 rings (SSSR count). The highest BCUT2D eigenvalue weighted by Crippen LogP contribution is 2.31. The number of nitrogens with two attached hydrogens (primary N) is 1. The summed E-state index contributed by atoms with van der Waals surface area (Å²) in [5, 5.41) is 11.2. The SMILES string of the molecule is N[C@@H]1C=CC(C2N=C(C3C[C@@H](O)N(C4C=CC(Cl)=CC4)C3)ON2)=CC1. The van der Waals surface area contributed by atoms with E-state index in [2.05, 4.69) is 21.4 Å². The van der Waals surface area contributed by atoms with Crippen LogP contribution in [0.2, 0.25) is 0 Å². The van der Waals surface area contributed by atoms with E-state index in [-0.39, 0.29) is 24.2 Å². The Balaban J connectivity index is 1.41. The van der Waals surface area contributed by atoms with Crippen molar-refractivity contribution in [2.24, 2.45) is 16.6 Å². The fourth-order valence-electron chi connectivity index (χ4n) is 3.69. The lowest BCUT2D eigenvalue weighted by atomic mass is 10.0. The molecule has 0 radical (unpaired) electrons. The Bertz CT molecular complexity index is 685. The molecule has 0 amide bonds. The quantitative estimate of drug-likeness (QED) is 0.709. The van der Waals surface area contributed by atoms with E-state index in [1.165, 1.54) is 0 Å². The van der Waals surface area contributed by atoms with E-state index in [1.807, 2.05) is 30.4 Å². The number of hydroxylamine groups is 1. The van der Waals surface area contributed by atoms with Crippen LogP contribution in [0.4, 0.5) is 0 Å². The number of aliphatic imine (C=N–C) groups is 1. The summed E-state index contributed by atoms with van der Waals surface area (Å²) in [4.78, 5) is 12.4. The number of aliphatic hydroxyl groups excluding tert-OH is 1. The smallest absolute Gasteiger partial charge is 0.215 e. The number of hydrogen-bond acceptors (Lipinski definition) is 6. The van der Waals surface area contributed by atoms with Crippen molar-refractivity contribution in [3.05, 3.63) is 47.1 Å². The zero-order chi connectivity index (χ0) is 17.4. The van der Waals surface area contributed by atoms with Crippen molar-refractivity contribution >= 4 is 17.5 Å². The second-order valence-electron chi connectivity index (χ2n) is 6.91. The van der Waals surface area contributed by atoms with Crippen molar-refractivity contribution in [2.75, 3.05) is 6.54 Å². The Labute approximate surface area is 152 Å². The fraction of sp³-hybridized carbons (Fsp3) is 0.500. The highest BCUT2D eigenvalue weighted by Gasteiger charge is 2.40. The van der Waals surface area contributed by atoms with Gasteiger partial charge in [0.15, 0.2) is 6.17 Å². The monoisotopic (exact) mass is 362 g/mol. The van der Waals surface area contributed by atoms with Crippen LogP contribution in [0, 0.1) is 5.92 Å². The summed E-state index contributed by atoms with van der Waals surface area (Å²) in [6.07, 6.45) is 13.6. The van der Waals surface area contributed by atoms with Crippen LogP contribution in [0.5, 0.6) is 0 Å². The third-order valence-electron chi connectivity index (χ3n) is 5.13. The number of rotatable bonds is 3. The van der Waals surface area contributed by atoms with Gasteiger partial charge in [-0.2, -0.15) is 0 Å². The van der Waals surface area contributed by atoms with Crippen LogP contribution >= 0.6 is 11.6 Å². The molecule has 0 spiro atoms. The van der Waals surface area contributed by atoms with Crippen molar-refractivity contribution < 1.29 is 9.94 Å². The molecule has 2 heterocycles. The van der Waals surface area contributed by atoms with Gasteiger partial charge in [-0.3, -0.25) is 4.90 Å². The van der Waals surface area contributed by atoms with Crippen LogP contribution in [0.1, 0.15) is 19.3 Å². The topological polar surface area (TPSA) is 83.1 Å². The van der Waals surface area contributed by atoms with Gasteiger partial charge in [0.2, 0.25) is 5.90 Å². The first-order chi connectivity index (χ1) is 12.1. The maximum atomic E-state index is 10.5. The van der Waals surface area contributed by atoms with Crippen molar-refractivity contribution in [1.82, 2.24) is 10.4 Å². The van der Waals surface area contributed by atoms with Crippen molar-refractivity contribution in [2.45, 2.75) is 43.7 Å². The Kier molecular flexibility index (Phi) is 4.80. The van der Waals surface area contributed by atoms with Gasteiger partial charge in [0.25, 0.3) is 0 Å². The average Bonchev–Trinajstić information content (AvgIpc) is 3.23. The predicted octanol–water partition coefficient (Wildman–Crippen LogP) is 1.55. The Hall–Kier alpha value is -1.44. The highest BCUT2D eigenvalue weighted by molar-refractivity contribution is 6.31. The zero-order valence-electron chi connectivity index (χ0n) is 13.9. The molecule has 5 atom stereocenters. The minimum Gasteiger partial charge on any atom is -0.391 e. The number of nitrogens with zero attached hydrogens (tertiary/aromatic N) is 2. The van der Waals surface area contributed by atoms with Gasteiger partial charge in [0.05, 0.1) is 5.92 Å². The number of hydrogen-bond donors (Lipinski definition) is 3. The summed E-state index contributed by atoms with van der Waals surface area (Å²) in [7, 11) is 0. The standard InChI is InChI=1S/C18H23ClN4O2/c19-13-3-7-15(8-4-13)23-10-12(9-16(23)24)18-21-17(22-25-18)11-1-5-14(20)6-2-11/h1-5,7,12,14-17,22,24H,6,8-10,20H2/t12?,14-,15?,16-,17?/m1/s1. The normalized spacial score (nSPS) is 38.4. The lowest BCUT2D eigenvalue weighted by Crippen LogP contribution is -2.38. The van der Waals surface area contributed by atoms with Crippen LogP contribution in [-0.4, -0.2) is 46.9 Å². The number of nitrogens with one attached hydrogen (secondary N) is 1. The predicted molar refractivity (Wildman–Crippen MR) is 97.6 cm³/mol. The third kappa shape index (κ3) is 3.59. The number of halogens is 1. The van der Waals surface area contributed by atoms with E-state index in [1.54, 1.807) is 0 Å². The van der Waals surface area contributed by atoms with Crippen LogP contribution in [-0.2, 0) is 4.84 Å². The molecule has 4 N–H and O–H groups in total. The molecule has 0 bridgehead atoms. The third-order valence-corrected chi connectivity index (χ3v) is 5.41. The summed E-state index contributed by atoms with van der Waals surface area (Å²) >= 11 is 5.98. The van der Waals surface area contributed by atoms with Gasteiger partial charge >= 0.3 is 0 Å². The van der Waals surface area contributed by atoms with Crippen LogP contribution in [0.3, 0.4) is 0 Å². The molecular weight excluding hydrogens is 340 g/mol. The molecule has 0 aromatic rings. The number of allylic oxidation sites excluding steroid dienone is 2.